The molecule has 15 heavy (non-hydrogen) atoms. The van der Waals surface area contributed by atoms with Crippen LogP contribution in [0.1, 0.15) is 12.2 Å². The van der Waals surface area contributed by atoms with E-state index in [4.69, 9.17) is 5.11 Å². The highest BCUT2D eigenvalue weighted by Crippen LogP contribution is 2.17. The lowest BCUT2D eigenvalue weighted by molar-refractivity contribution is -0.141. The quantitative estimate of drug-likeness (QED) is 0.743. The average Bonchev–Trinajstić information content (AvgIpc) is 2.77. The zero-order valence-corrected chi connectivity index (χ0v) is 8.63. The number of hydrogen-bond donors (Lipinski definition) is 1. The summed E-state index contributed by atoms with van der Waals surface area (Å²) < 4.78 is 1.72. The molecule has 0 aliphatic carbocycles. The van der Waals surface area contributed by atoms with E-state index >= 15 is 0 Å². The van der Waals surface area contributed by atoms with Gasteiger partial charge in [0.2, 0.25) is 0 Å². The number of likely N-dealkylation sites (tertiary alicyclic amines) is 1. The monoisotopic (exact) mass is 210 g/mol. The zero-order valence-electron chi connectivity index (χ0n) is 8.63. The highest BCUT2D eigenvalue weighted by molar-refractivity contribution is 5.70. The summed E-state index contributed by atoms with van der Waals surface area (Å²) in [5.41, 5.74) is 0. The van der Waals surface area contributed by atoms with Crippen LogP contribution in [0.5, 0.6) is 0 Å². The molecule has 1 aromatic rings. The lowest BCUT2D eigenvalue weighted by Crippen LogP contribution is -2.24. The zero-order chi connectivity index (χ0) is 10.8. The fourth-order valence-electron chi connectivity index (χ4n) is 1.84. The van der Waals surface area contributed by atoms with E-state index in [1.807, 2.05) is 7.05 Å². The first kappa shape index (κ1) is 10.1. The Balaban J connectivity index is 1.93. The van der Waals surface area contributed by atoms with E-state index < -0.39 is 5.97 Å². The topological polar surface area (TPSA) is 71.2 Å². The van der Waals surface area contributed by atoms with Crippen molar-refractivity contribution in [2.45, 2.75) is 13.0 Å². The number of aliphatic carboxylic acids is 1. The van der Waals surface area contributed by atoms with Crippen molar-refractivity contribution in [3.05, 3.63) is 12.2 Å². The average molecular weight is 210 g/mol. The van der Waals surface area contributed by atoms with E-state index in [2.05, 4.69) is 15.0 Å². The predicted molar refractivity (Wildman–Crippen MR) is 52.0 cm³/mol. The largest absolute Gasteiger partial charge is 0.481 e. The van der Waals surface area contributed by atoms with Gasteiger partial charge in [0, 0.05) is 13.6 Å². The van der Waals surface area contributed by atoms with E-state index in [9.17, 15) is 4.79 Å². The highest BCUT2D eigenvalue weighted by Gasteiger charge is 2.28. The summed E-state index contributed by atoms with van der Waals surface area (Å²) in [4.78, 5) is 17.0. The Morgan fingerprint density at radius 2 is 2.53 bits per heavy atom. The molecule has 6 nitrogen and oxygen atoms in total. The van der Waals surface area contributed by atoms with Crippen molar-refractivity contribution in [2.75, 3.05) is 13.1 Å². The molecule has 1 aromatic heterocycles. The molecule has 6 heteroatoms. The van der Waals surface area contributed by atoms with Gasteiger partial charge in [0.05, 0.1) is 12.5 Å². The van der Waals surface area contributed by atoms with E-state index in [1.54, 1.807) is 4.68 Å². The summed E-state index contributed by atoms with van der Waals surface area (Å²) in [6.07, 6.45) is 2.24. The van der Waals surface area contributed by atoms with Crippen LogP contribution in [-0.2, 0) is 18.4 Å². The molecule has 0 aromatic carbocycles. The van der Waals surface area contributed by atoms with E-state index in [0.717, 1.165) is 18.8 Å². The van der Waals surface area contributed by atoms with Gasteiger partial charge in [-0.1, -0.05) is 0 Å². The van der Waals surface area contributed by atoms with Gasteiger partial charge < -0.3 is 5.11 Å². The smallest absolute Gasteiger partial charge is 0.307 e. The molecule has 1 aliphatic heterocycles. The number of aryl methyl sites for hydroxylation is 1. The normalized spacial score (nSPS) is 22.1. The van der Waals surface area contributed by atoms with Crippen molar-refractivity contribution in [2.24, 2.45) is 13.0 Å². The second-order valence-electron chi connectivity index (χ2n) is 3.86. The van der Waals surface area contributed by atoms with Crippen molar-refractivity contribution >= 4 is 5.97 Å². The number of aromatic nitrogens is 3. The molecule has 2 heterocycles. The first-order valence-corrected chi connectivity index (χ1v) is 4.95. The van der Waals surface area contributed by atoms with Gasteiger partial charge in [-0.25, -0.2) is 4.98 Å². The van der Waals surface area contributed by atoms with Crippen LogP contribution in [0.4, 0.5) is 0 Å². The number of carboxylic acid groups (broad SMARTS) is 1. The minimum absolute atomic E-state index is 0.224. The Morgan fingerprint density at radius 1 is 1.73 bits per heavy atom. The molecule has 2 rings (SSSR count). The lowest BCUT2D eigenvalue weighted by atomic mass is 10.1. The summed E-state index contributed by atoms with van der Waals surface area (Å²) in [6, 6.07) is 0. The summed E-state index contributed by atoms with van der Waals surface area (Å²) in [7, 11) is 1.84. The van der Waals surface area contributed by atoms with Crippen LogP contribution in [0.15, 0.2) is 6.33 Å². The number of hydrogen-bond acceptors (Lipinski definition) is 4. The molecule has 0 spiro atoms. The van der Waals surface area contributed by atoms with Crippen molar-refractivity contribution in [3.8, 4) is 0 Å². The van der Waals surface area contributed by atoms with Crippen LogP contribution in [-0.4, -0.2) is 43.8 Å². The fraction of sp³-hybridized carbons (Fsp3) is 0.667. The van der Waals surface area contributed by atoms with Crippen LogP contribution >= 0.6 is 0 Å². The molecule has 0 radical (unpaired) electrons. The van der Waals surface area contributed by atoms with Gasteiger partial charge in [0.15, 0.2) is 0 Å². The third-order valence-corrected chi connectivity index (χ3v) is 2.79. The Kier molecular flexibility index (Phi) is 2.68. The van der Waals surface area contributed by atoms with Crippen molar-refractivity contribution in [1.29, 1.82) is 0 Å². The maximum absolute atomic E-state index is 10.8. The van der Waals surface area contributed by atoms with Crippen LogP contribution in [0.3, 0.4) is 0 Å². The second-order valence-corrected chi connectivity index (χ2v) is 3.86. The third kappa shape index (κ3) is 2.15. The highest BCUT2D eigenvalue weighted by atomic mass is 16.4. The summed E-state index contributed by atoms with van der Waals surface area (Å²) in [6.45, 7) is 2.12. The van der Waals surface area contributed by atoms with Crippen molar-refractivity contribution in [1.82, 2.24) is 19.7 Å². The van der Waals surface area contributed by atoms with Gasteiger partial charge in [-0.3, -0.25) is 14.4 Å². The van der Waals surface area contributed by atoms with Gasteiger partial charge in [0.25, 0.3) is 0 Å². The molecular weight excluding hydrogens is 196 g/mol. The number of carboxylic acids is 1. The van der Waals surface area contributed by atoms with Gasteiger partial charge >= 0.3 is 5.97 Å². The lowest BCUT2D eigenvalue weighted by Gasteiger charge is -2.13. The van der Waals surface area contributed by atoms with Gasteiger partial charge in [-0.05, 0) is 13.0 Å². The summed E-state index contributed by atoms with van der Waals surface area (Å²) in [5.74, 6) is -0.0465. The molecule has 0 saturated carbocycles. The van der Waals surface area contributed by atoms with E-state index in [0.29, 0.717) is 13.1 Å². The van der Waals surface area contributed by atoms with Crippen LogP contribution in [0.25, 0.3) is 0 Å². The first-order chi connectivity index (χ1) is 7.16. The van der Waals surface area contributed by atoms with Crippen LogP contribution in [0, 0.1) is 5.92 Å². The minimum Gasteiger partial charge on any atom is -0.481 e. The Labute approximate surface area is 87.5 Å². The van der Waals surface area contributed by atoms with Gasteiger partial charge in [0.1, 0.15) is 12.2 Å². The van der Waals surface area contributed by atoms with Gasteiger partial charge in [-0.15, -0.1) is 0 Å². The Bertz CT molecular complexity index is 363. The second kappa shape index (κ2) is 3.98. The third-order valence-electron chi connectivity index (χ3n) is 2.79. The minimum atomic E-state index is -0.699. The Morgan fingerprint density at radius 3 is 3.07 bits per heavy atom. The van der Waals surface area contributed by atoms with Crippen LogP contribution in [0.2, 0.25) is 0 Å². The Hall–Kier alpha value is -1.43. The first-order valence-electron chi connectivity index (χ1n) is 4.95. The molecule has 0 amide bonds. The SMILES string of the molecule is Cn1ncnc1CN1CCC(C(=O)O)C1. The molecule has 0 bridgehead atoms. The maximum atomic E-state index is 10.8. The molecule has 82 valence electrons. The van der Waals surface area contributed by atoms with E-state index in [1.165, 1.54) is 6.33 Å². The molecular formula is C9H14N4O2. The molecule has 1 aliphatic rings. The van der Waals surface area contributed by atoms with Crippen LogP contribution < -0.4 is 0 Å². The standard InChI is InChI=1S/C9H14N4O2/c1-12-8(10-6-11-12)5-13-3-2-7(4-13)9(14)15/h6-7H,2-5H2,1H3,(H,14,15). The van der Waals surface area contributed by atoms with Crippen molar-refractivity contribution < 1.29 is 9.90 Å². The number of carbonyl (C=O) groups is 1. The molecule has 1 saturated heterocycles. The molecule has 1 unspecified atom stereocenters. The van der Waals surface area contributed by atoms with E-state index in [-0.39, 0.29) is 5.92 Å². The number of rotatable bonds is 3. The molecule has 1 N–H and O–H groups in total. The molecule has 1 atom stereocenters. The summed E-state index contributed by atoms with van der Waals surface area (Å²) >= 11 is 0. The fourth-order valence-corrected chi connectivity index (χ4v) is 1.84. The predicted octanol–water partition coefficient (Wildman–Crippen LogP) is -0.278. The number of nitrogens with zero attached hydrogens (tertiary/aromatic N) is 4. The summed E-state index contributed by atoms with van der Waals surface area (Å²) in [5, 5.41) is 12.8. The molecule has 1 fully saturated rings. The van der Waals surface area contributed by atoms with Gasteiger partial charge in [-0.2, -0.15) is 5.10 Å². The van der Waals surface area contributed by atoms with Crippen molar-refractivity contribution in [3.63, 3.8) is 0 Å². The maximum Gasteiger partial charge on any atom is 0.307 e.